The molecule has 1 heterocycles. The third kappa shape index (κ3) is 3.37. The Kier molecular flexibility index (Phi) is 4.24. The van der Waals surface area contributed by atoms with Crippen LogP contribution in [-0.4, -0.2) is 42.7 Å². The lowest BCUT2D eigenvalue weighted by atomic mass is 10.2. The van der Waals surface area contributed by atoms with Crippen molar-refractivity contribution in [2.75, 3.05) is 13.1 Å². The number of non-ortho nitro benzene ring substituents is 1. The van der Waals surface area contributed by atoms with Gasteiger partial charge in [-0.2, -0.15) is 4.31 Å². The Hall–Kier alpha value is -2.00. The van der Waals surface area contributed by atoms with Crippen LogP contribution in [0.1, 0.15) is 12.5 Å². The summed E-state index contributed by atoms with van der Waals surface area (Å²) in [7, 11) is -3.65. The zero-order valence-corrected chi connectivity index (χ0v) is 12.2. The van der Waals surface area contributed by atoms with Crippen LogP contribution in [0.4, 0.5) is 5.69 Å². The van der Waals surface area contributed by atoms with E-state index < -0.39 is 21.0 Å². The molecule has 1 aromatic rings. The van der Waals surface area contributed by atoms with Crippen LogP contribution in [0.2, 0.25) is 0 Å². The molecular formula is C12H15N3O5S. The highest BCUT2D eigenvalue weighted by Gasteiger charge is 2.34. The fraction of sp³-hybridized carbons (Fsp3) is 0.417. The van der Waals surface area contributed by atoms with E-state index in [1.165, 1.54) is 31.2 Å². The van der Waals surface area contributed by atoms with Crippen molar-refractivity contribution in [1.29, 1.82) is 0 Å². The number of carbonyl (C=O) groups is 1. The average molecular weight is 313 g/mol. The van der Waals surface area contributed by atoms with E-state index >= 15 is 0 Å². The number of amides is 1. The quantitative estimate of drug-likeness (QED) is 0.632. The van der Waals surface area contributed by atoms with Crippen LogP contribution in [0.15, 0.2) is 24.3 Å². The Morgan fingerprint density at radius 1 is 1.38 bits per heavy atom. The van der Waals surface area contributed by atoms with Crippen LogP contribution in [0.3, 0.4) is 0 Å². The molecule has 0 radical (unpaired) electrons. The maximum Gasteiger partial charge on any atom is 0.269 e. The van der Waals surface area contributed by atoms with Gasteiger partial charge in [-0.15, -0.1) is 0 Å². The number of hydrogen-bond donors (Lipinski definition) is 1. The van der Waals surface area contributed by atoms with E-state index in [0.29, 0.717) is 5.56 Å². The number of rotatable bonds is 4. The van der Waals surface area contributed by atoms with Crippen LogP contribution in [0, 0.1) is 10.1 Å². The van der Waals surface area contributed by atoms with Crippen molar-refractivity contribution in [3.63, 3.8) is 0 Å². The van der Waals surface area contributed by atoms with Crippen molar-refractivity contribution >= 4 is 21.6 Å². The molecule has 0 bridgehead atoms. The molecule has 1 aliphatic heterocycles. The van der Waals surface area contributed by atoms with Gasteiger partial charge in [0, 0.05) is 25.2 Å². The number of carbonyl (C=O) groups excluding carboxylic acids is 1. The van der Waals surface area contributed by atoms with E-state index in [1.54, 1.807) is 0 Å². The Labute approximate surface area is 122 Å². The van der Waals surface area contributed by atoms with Gasteiger partial charge in [-0.05, 0) is 12.5 Å². The molecule has 1 aliphatic rings. The smallest absolute Gasteiger partial charge is 0.269 e. The molecule has 1 amide bonds. The first-order valence-electron chi connectivity index (χ1n) is 6.32. The predicted molar refractivity (Wildman–Crippen MR) is 74.9 cm³/mol. The fourth-order valence-electron chi connectivity index (χ4n) is 2.15. The molecule has 0 spiro atoms. The van der Waals surface area contributed by atoms with E-state index in [4.69, 9.17) is 0 Å². The topological polar surface area (TPSA) is 110 Å². The van der Waals surface area contributed by atoms with Gasteiger partial charge < -0.3 is 5.32 Å². The highest BCUT2D eigenvalue weighted by Crippen LogP contribution is 2.18. The van der Waals surface area contributed by atoms with Crippen molar-refractivity contribution < 1.29 is 18.1 Å². The lowest BCUT2D eigenvalue weighted by molar-refractivity contribution is -0.384. The summed E-state index contributed by atoms with van der Waals surface area (Å²) in [6.45, 7) is 2.03. The number of nitrogens with one attached hydrogen (secondary N) is 1. The van der Waals surface area contributed by atoms with E-state index in [9.17, 15) is 23.3 Å². The Morgan fingerprint density at radius 2 is 2.00 bits per heavy atom. The first-order chi connectivity index (χ1) is 9.81. The van der Waals surface area contributed by atoms with Gasteiger partial charge in [0.05, 0.1) is 10.7 Å². The molecule has 9 heteroatoms. The van der Waals surface area contributed by atoms with Crippen LogP contribution < -0.4 is 5.32 Å². The monoisotopic (exact) mass is 313 g/mol. The van der Waals surface area contributed by atoms with E-state index in [-0.39, 0.29) is 30.4 Å². The van der Waals surface area contributed by atoms with E-state index in [2.05, 4.69) is 5.32 Å². The molecule has 0 aliphatic carbocycles. The Bertz CT molecular complexity index is 656. The molecule has 1 saturated heterocycles. The molecule has 1 unspecified atom stereocenters. The summed E-state index contributed by atoms with van der Waals surface area (Å²) >= 11 is 0. The number of nitrogens with zero attached hydrogens (tertiary/aromatic N) is 2. The first-order valence-corrected chi connectivity index (χ1v) is 7.93. The number of sulfonamides is 1. The van der Waals surface area contributed by atoms with Crippen molar-refractivity contribution in [2.24, 2.45) is 0 Å². The third-order valence-electron chi connectivity index (χ3n) is 3.30. The second kappa shape index (κ2) is 5.78. The number of nitro groups is 1. The van der Waals surface area contributed by atoms with Crippen molar-refractivity contribution in [2.45, 2.75) is 18.7 Å². The van der Waals surface area contributed by atoms with Crippen LogP contribution in [0.5, 0.6) is 0 Å². The number of hydrogen-bond acceptors (Lipinski definition) is 5. The molecule has 1 atom stereocenters. The van der Waals surface area contributed by atoms with Crippen molar-refractivity contribution in [1.82, 2.24) is 9.62 Å². The van der Waals surface area contributed by atoms with Crippen molar-refractivity contribution in [3.8, 4) is 0 Å². The van der Waals surface area contributed by atoms with Gasteiger partial charge in [-0.1, -0.05) is 12.1 Å². The van der Waals surface area contributed by atoms with Crippen LogP contribution in [-0.2, 0) is 20.6 Å². The van der Waals surface area contributed by atoms with Crippen LogP contribution >= 0.6 is 0 Å². The van der Waals surface area contributed by atoms with Gasteiger partial charge in [-0.3, -0.25) is 14.9 Å². The highest BCUT2D eigenvalue weighted by atomic mass is 32.2. The maximum absolute atomic E-state index is 12.3. The van der Waals surface area contributed by atoms with Gasteiger partial charge in [-0.25, -0.2) is 8.42 Å². The van der Waals surface area contributed by atoms with Gasteiger partial charge in [0.2, 0.25) is 15.9 Å². The molecule has 2 rings (SSSR count). The van der Waals surface area contributed by atoms with Gasteiger partial charge in [0.15, 0.2) is 0 Å². The lowest BCUT2D eigenvalue weighted by Crippen LogP contribution is -2.55. The molecule has 1 fully saturated rings. The summed E-state index contributed by atoms with van der Waals surface area (Å²) < 4.78 is 25.8. The highest BCUT2D eigenvalue weighted by molar-refractivity contribution is 7.88. The second-order valence-corrected chi connectivity index (χ2v) is 6.68. The molecular weight excluding hydrogens is 298 g/mol. The summed E-state index contributed by atoms with van der Waals surface area (Å²) in [5.74, 6) is -0.615. The minimum atomic E-state index is -3.65. The Balaban J connectivity index is 2.17. The molecule has 114 valence electrons. The summed E-state index contributed by atoms with van der Waals surface area (Å²) in [6.07, 6.45) is 0. The molecule has 21 heavy (non-hydrogen) atoms. The standard InChI is InChI=1S/C12H15N3O5S/c1-9-12(16)13-6-7-14(9)21(19,20)8-10-2-4-11(5-3-10)15(17)18/h2-5,9H,6-8H2,1H3,(H,13,16). The van der Waals surface area contributed by atoms with Crippen molar-refractivity contribution in [3.05, 3.63) is 39.9 Å². The molecule has 8 nitrogen and oxygen atoms in total. The predicted octanol–water partition coefficient (Wildman–Crippen LogP) is 0.245. The van der Waals surface area contributed by atoms with E-state index in [0.717, 1.165) is 4.31 Å². The molecule has 0 aromatic heterocycles. The third-order valence-corrected chi connectivity index (χ3v) is 5.21. The first kappa shape index (κ1) is 15.4. The Morgan fingerprint density at radius 3 is 2.57 bits per heavy atom. The summed E-state index contributed by atoms with van der Waals surface area (Å²) in [6, 6.07) is 4.59. The second-order valence-electron chi connectivity index (χ2n) is 4.76. The summed E-state index contributed by atoms with van der Waals surface area (Å²) in [5, 5.41) is 13.2. The van der Waals surface area contributed by atoms with E-state index in [1.807, 2.05) is 0 Å². The van der Waals surface area contributed by atoms with Gasteiger partial charge in [0.1, 0.15) is 6.04 Å². The number of piperazine rings is 1. The average Bonchev–Trinajstić information content (AvgIpc) is 2.41. The lowest BCUT2D eigenvalue weighted by Gasteiger charge is -2.31. The zero-order valence-electron chi connectivity index (χ0n) is 11.4. The summed E-state index contributed by atoms with van der Waals surface area (Å²) in [4.78, 5) is 21.5. The SMILES string of the molecule is CC1C(=O)NCCN1S(=O)(=O)Cc1ccc([N+](=O)[O-])cc1. The fourth-order valence-corrected chi connectivity index (χ4v) is 3.88. The zero-order chi connectivity index (χ0) is 15.6. The van der Waals surface area contributed by atoms with Crippen LogP contribution in [0.25, 0.3) is 0 Å². The summed E-state index contributed by atoms with van der Waals surface area (Å²) in [5.41, 5.74) is 0.348. The molecule has 1 aromatic carbocycles. The minimum Gasteiger partial charge on any atom is -0.353 e. The van der Waals surface area contributed by atoms with Gasteiger partial charge in [0.25, 0.3) is 5.69 Å². The minimum absolute atomic E-state index is 0.0955. The normalized spacial score (nSPS) is 20.0. The molecule has 0 saturated carbocycles. The number of nitro benzene ring substituents is 1. The number of benzene rings is 1. The maximum atomic E-state index is 12.3. The largest absolute Gasteiger partial charge is 0.353 e. The van der Waals surface area contributed by atoms with Gasteiger partial charge >= 0.3 is 0 Å². The molecule has 1 N–H and O–H groups in total.